The first kappa shape index (κ1) is 12.8. The molecule has 18 heavy (non-hydrogen) atoms. The minimum Gasteiger partial charge on any atom is -0.496 e. The van der Waals surface area contributed by atoms with Gasteiger partial charge in [0.25, 0.3) is 0 Å². The third-order valence-electron chi connectivity index (χ3n) is 2.35. The molecule has 1 aromatic heterocycles. The summed E-state index contributed by atoms with van der Waals surface area (Å²) in [6, 6.07) is 5.57. The molecule has 0 fully saturated rings. The van der Waals surface area contributed by atoms with Crippen molar-refractivity contribution in [1.29, 1.82) is 0 Å². The molecule has 5 nitrogen and oxygen atoms in total. The number of ether oxygens (including phenoxy) is 1. The Labute approximate surface area is 110 Å². The molecule has 0 saturated carbocycles. The van der Waals surface area contributed by atoms with Crippen molar-refractivity contribution in [3.8, 4) is 5.75 Å². The maximum Gasteiger partial charge on any atom is 0.226 e. The van der Waals surface area contributed by atoms with Crippen molar-refractivity contribution in [3.63, 3.8) is 0 Å². The molecule has 0 aliphatic heterocycles. The Kier molecular flexibility index (Phi) is 4.09. The van der Waals surface area contributed by atoms with Crippen molar-refractivity contribution < 1.29 is 9.15 Å². The number of hydrogen-bond acceptors (Lipinski definition) is 6. The summed E-state index contributed by atoms with van der Waals surface area (Å²) in [7, 11) is 1.63. The van der Waals surface area contributed by atoms with Crippen LogP contribution in [0.4, 0.5) is 5.69 Å². The second kappa shape index (κ2) is 5.77. The smallest absolute Gasteiger partial charge is 0.226 e. The van der Waals surface area contributed by atoms with Crippen molar-refractivity contribution in [2.75, 3.05) is 12.8 Å². The minimum atomic E-state index is 0.618. The summed E-state index contributed by atoms with van der Waals surface area (Å²) in [6.45, 7) is 1.98. The average molecular weight is 265 g/mol. The molecule has 0 aliphatic carbocycles. The van der Waals surface area contributed by atoms with E-state index in [1.54, 1.807) is 24.9 Å². The molecule has 6 heteroatoms. The Bertz CT molecular complexity index is 528. The maximum absolute atomic E-state index is 5.70. The number of methoxy groups -OCH3 is 1. The topological polar surface area (TPSA) is 74.2 Å². The van der Waals surface area contributed by atoms with Crippen LogP contribution >= 0.6 is 11.8 Å². The van der Waals surface area contributed by atoms with E-state index in [-0.39, 0.29) is 0 Å². The highest BCUT2D eigenvalue weighted by molar-refractivity contribution is 7.98. The lowest BCUT2D eigenvalue weighted by molar-refractivity contribution is 0.405. The van der Waals surface area contributed by atoms with Crippen LogP contribution in [0, 0.1) is 0 Å². The highest BCUT2D eigenvalue weighted by Gasteiger charge is 2.08. The third-order valence-corrected chi connectivity index (χ3v) is 3.39. The van der Waals surface area contributed by atoms with Gasteiger partial charge in [0.05, 0.1) is 12.9 Å². The number of nitrogens with zero attached hydrogens (tertiary/aromatic N) is 2. The van der Waals surface area contributed by atoms with E-state index < -0.39 is 0 Å². The lowest BCUT2D eigenvalue weighted by atomic mass is 10.3. The lowest BCUT2D eigenvalue weighted by Crippen LogP contribution is -1.90. The van der Waals surface area contributed by atoms with Crippen LogP contribution in [-0.4, -0.2) is 17.3 Å². The van der Waals surface area contributed by atoms with Crippen LogP contribution < -0.4 is 10.5 Å². The second-order valence-electron chi connectivity index (χ2n) is 3.64. The molecule has 2 N–H and O–H groups in total. The molecule has 0 radical (unpaired) electrons. The van der Waals surface area contributed by atoms with Crippen molar-refractivity contribution in [2.45, 2.75) is 24.0 Å². The summed E-state index contributed by atoms with van der Waals surface area (Å²) in [4.78, 5) is 1.00. The van der Waals surface area contributed by atoms with Crippen molar-refractivity contribution >= 4 is 17.4 Å². The van der Waals surface area contributed by atoms with Gasteiger partial charge in [-0.05, 0) is 12.1 Å². The monoisotopic (exact) mass is 265 g/mol. The summed E-state index contributed by atoms with van der Waals surface area (Å²) < 4.78 is 10.7. The van der Waals surface area contributed by atoms with Gasteiger partial charge in [0.2, 0.25) is 11.8 Å². The van der Waals surface area contributed by atoms with Gasteiger partial charge in [0.15, 0.2) is 0 Å². The summed E-state index contributed by atoms with van der Waals surface area (Å²) >= 11 is 1.58. The molecular weight excluding hydrogens is 250 g/mol. The molecule has 0 aliphatic rings. The molecule has 0 bridgehead atoms. The Hall–Kier alpha value is -1.69. The second-order valence-corrected chi connectivity index (χ2v) is 4.66. The summed E-state index contributed by atoms with van der Waals surface area (Å²) in [5.74, 6) is 2.66. The van der Waals surface area contributed by atoms with Gasteiger partial charge in [-0.25, -0.2) is 0 Å². The van der Waals surface area contributed by atoms with Crippen molar-refractivity contribution in [2.24, 2.45) is 0 Å². The molecule has 1 heterocycles. The summed E-state index contributed by atoms with van der Waals surface area (Å²) in [5.41, 5.74) is 6.38. The molecule has 0 amide bonds. The molecule has 0 unspecified atom stereocenters. The number of aromatic nitrogens is 2. The van der Waals surface area contributed by atoms with Crippen molar-refractivity contribution in [3.05, 3.63) is 30.0 Å². The van der Waals surface area contributed by atoms with Gasteiger partial charge in [-0.15, -0.1) is 22.0 Å². The van der Waals surface area contributed by atoms with Gasteiger partial charge in [-0.1, -0.05) is 6.92 Å². The van der Waals surface area contributed by atoms with Gasteiger partial charge in [0, 0.05) is 23.1 Å². The fraction of sp³-hybridized carbons (Fsp3) is 0.333. The maximum atomic E-state index is 5.70. The van der Waals surface area contributed by atoms with Crippen LogP contribution in [0.2, 0.25) is 0 Å². The van der Waals surface area contributed by atoms with Gasteiger partial charge in [0.1, 0.15) is 5.75 Å². The van der Waals surface area contributed by atoms with Crippen LogP contribution in [0.25, 0.3) is 0 Å². The van der Waals surface area contributed by atoms with E-state index in [0.717, 1.165) is 17.1 Å². The van der Waals surface area contributed by atoms with E-state index in [0.29, 0.717) is 23.2 Å². The Morgan fingerprint density at radius 1 is 1.33 bits per heavy atom. The first-order valence-corrected chi connectivity index (χ1v) is 6.59. The molecule has 96 valence electrons. The van der Waals surface area contributed by atoms with Crippen LogP contribution in [-0.2, 0) is 12.2 Å². The predicted octanol–water partition coefficient (Wildman–Crippen LogP) is 2.52. The van der Waals surface area contributed by atoms with E-state index in [4.69, 9.17) is 14.9 Å². The first-order valence-electron chi connectivity index (χ1n) is 5.60. The average Bonchev–Trinajstić information content (AvgIpc) is 2.85. The number of nitrogen functional groups attached to an aromatic ring is 1. The number of nitrogens with two attached hydrogens (primary N) is 1. The van der Waals surface area contributed by atoms with Gasteiger partial charge in [-0.3, -0.25) is 0 Å². The normalized spacial score (nSPS) is 10.6. The quantitative estimate of drug-likeness (QED) is 0.661. The zero-order chi connectivity index (χ0) is 13.0. The zero-order valence-electron chi connectivity index (χ0n) is 10.3. The number of hydrogen-bond donors (Lipinski definition) is 1. The fourth-order valence-corrected chi connectivity index (χ4v) is 2.28. The van der Waals surface area contributed by atoms with Gasteiger partial charge < -0.3 is 14.9 Å². The summed E-state index contributed by atoms with van der Waals surface area (Å²) in [6.07, 6.45) is 0.753. The van der Waals surface area contributed by atoms with Crippen LogP contribution in [0.5, 0.6) is 5.75 Å². The number of thioether (sulfide) groups is 1. The van der Waals surface area contributed by atoms with E-state index in [1.165, 1.54) is 0 Å². The standard InChI is InChI=1S/C12H15N3O2S/c1-3-11-14-15-12(17-11)7-18-10-5-4-8(13)6-9(10)16-2/h4-6H,3,7,13H2,1-2H3. The molecule has 0 atom stereocenters. The Balaban J connectivity index is 2.05. The SMILES string of the molecule is CCc1nnc(CSc2ccc(N)cc2OC)o1. The highest BCUT2D eigenvalue weighted by Crippen LogP contribution is 2.32. The van der Waals surface area contributed by atoms with E-state index >= 15 is 0 Å². The van der Waals surface area contributed by atoms with Crippen molar-refractivity contribution in [1.82, 2.24) is 10.2 Å². The number of rotatable bonds is 5. The molecule has 0 saturated heterocycles. The van der Waals surface area contributed by atoms with E-state index in [2.05, 4.69) is 10.2 Å². The predicted molar refractivity (Wildman–Crippen MR) is 70.6 cm³/mol. The zero-order valence-corrected chi connectivity index (χ0v) is 11.2. The van der Waals surface area contributed by atoms with Gasteiger partial charge in [-0.2, -0.15) is 0 Å². The van der Waals surface area contributed by atoms with Crippen LogP contribution in [0.15, 0.2) is 27.5 Å². The molecule has 1 aromatic carbocycles. The Morgan fingerprint density at radius 2 is 2.11 bits per heavy atom. The summed E-state index contributed by atoms with van der Waals surface area (Å²) in [5, 5.41) is 7.89. The van der Waals surface area contributed by atoms with Crippen LogP contribution in [0.3, 0.4) is 0 Å². The fourth-order valence-electron chi connectivity index (χ4n) is 1.43. The van der Waals surface area contributed by atoms with E-state index in [1.807, 2.05) is 19.1 Å². The minimum absolute atomic E-state index is 0.618. The number of aryl methyl sites for hydroxylation is 1. The van der Waals surface area contributed by atoms with E-state index in [9.17, 15) is 0 Å². The highest BCUT2D eigenvalue weighted by atomic mass is 32.2. The molecule has 0 spiro atoms. The third kappa shape index (κ3) is 2.95. The van der Waals surface area contributed by atoms with Gasteiger partial charge >= 0.3 is 0 Å². The molecule has 2 aromatic rings. The number of benzene rings is 1. The number of anilines is 1. The first-order chi connectivity index (χ1) is 8.72. The molecule has 2 rings (SSSR count). The lowest BCUT2D eigenvalue weighted by Gasteiger charge is -2.07. The van der Waals surface area contributed by atoms with Crippen LogP contribution in [0.1, 0.15) is 18.7 Å². The molecular formula is C12H15N3O2S. The Morgan fingerprint density at radius 3 is 2.78 bits per heavy atom. The largest absolute Gasteiger partial charge is 0.496 e.